The first-order valence-corrected chi connectivity index (χ1v) is 6.46. The molecule has 1 fully saturated rings. The number of nitrogens with zero attached hydrogens (tertiary/aromatic N) is 1. The minimum atomic E-state index is -0.465. The van der Waals surface area contributed by atoms with Gasteiger partial charge in [-0.15, -0.1) is 0 Å². The summed E-state index contributed by atoms with van der Waals surface area (Å²) in [5.41, 5.74) is 6.25. The SMILES string of the molecule is Cc1ccc(F)c(C(C)N(CCN)C2CC2)c1F. The molecule has 1 saturated carbocycles. The normalized spacial score (nSPS) is 17.2. The van der Waals surface area contributed by atoms with Crippen LogP contribution in [0.2, 0.25) is 0 Å². The lowest BCUT2D eigenvalue weighted by molar-refractivity contribution is 0.198. The molecule has 1 aromatic rings. The molecule has 0 aromatic heterocycles. The van der Waals surface area contributed by atoms with Gasteiger partial charge < -0.3 is 5.73 Å². The van der Waals surface area contributed by atoms with Gasteiger partial charge >= 0.3 is 0 Å². The highest BCUT2D eigenvalue weighted by molar-refractivity contribution is 5.29. The van der Waals surface area contributed by atoms with Crippen molar-refractivity contribution in [1.82, 2.24) is 4.90 Å². The van der Waals surface area contributed by atoms with Crippen molar-refractivity contribution >= 4 is 0 Å². The predicted molar refractivity (Wildman–Crippen MR) is 68.3 cm³/mol. The Morgan fingerprint density at radius 2 is 2.06 bits per heavy atom. The maximum atomic E-state index is 14.1. The van der Waals surface area contributed by atoms with Crippen LogP contribution in [0, 0.1) is 18.6 Å². The van der Waals surface area contributed by atoms with E-state index in [1.54, 1.807) is 6.92 Å². The van der Waals surface area contributed by atoms with Crippen molar-refractivity contribution in [2.75, 3.05) is 13.1 Å². The Morgan fingerprint density at radius 3 is 2.61 bits per heavy atom. The molecular weight excluding hydrogens is 234 g/mol. The number of rotatable bonds is 5. The third kappa shape index (κ3) is 2.54. The summed E-state index contributed by atoms with van der Waals surface area (Å²) < 4.78 is 28.0. The Kier molecular flexibility index (Phi) is 3.97. The third-order valence-electron chi connectivity index (χ3n) is 3.64. The van der Waals surface area contributed by atoms with Crippen LogP contribution in [-0.4, -0.2) is 24.0 Å². The molecule has 2 nitrogen and oxygen atoms in total. The molecule has 0 amide bonds. The molecule has 2 N–H and O–H groups in total. The van der Waals surface area contributed by atoms with E-state index in [-0.39, 0.29) is 11.6 Å². The zero-order chi connectivity index (χ0) is 13.3. The fourth-order valence-corrected chi connectivity index (χ4v) is 2.47. The van der Waals surface area contributed by atoms with Crippen molar-refractivity contribution in [2.45, 2.75) is 38.8 Å². The first-order chi connectivity index (χ1) is 8.56. The van der Waals surface area contributed by atoms with Crippen molar-refractivity contribution in [3.05, 3.63) is 34.9 Å². The smallest absolute Gasteiger partial charge is 0.133 e. The Labute approximate surface area is 107 Å². The average molecular weight is 254 g/mol. The van der Waals surface area contributed by atoms with Crippen LogP contribution in [-0.2, 0) is 0 Å². The summed E-state index contributed by atoms with van der Waals surface area (Å²) in [5.74, 6) is -0.890. The molecule has 0 spiro atoms. The molecule has 0 saturated heterocycles. The summed E-state index contributed by atoms with van der Waals surface area (Å²) in [6, 6.07) is 2.99. The van der Waals surface area contributed by atoms with E-state index in [9.17, 15) is 8.78 Å². The van der Waals surface area contributed by atoms with E-state index < -0.39 is 11.6 Å². The van der Waals surface area contributed by atoms with Gasteiger partial charge in [0, 0.05) is 30.7 Å². The lowest BCUT2D eigenvalue weighted by atomic mass is 10.0. The molecule has 1 aromatic carbocycles. The highest BCUT2D eigenvalue weighted by atomic mass is 19.1. The number of hydrogen-bond donors (Lipinski definition) is 1. The summed E-state index contributed by atoms with van der Waals surface area (Å²) in [7, 11) is 0. The molecule has 1 aliphatic carbocycles. The van der Waals surface area contributed by atoms with Gasteiger partial charge in [0.05, 0.1) is 0 Å². The van der Waals surface area contributed by atoms with E-state index in [0.717, 1.165) is 12.8 Å². The third-order valence-corrected chi connectivity index (χ3v) is 3.64. The van der Waals surface area contributed by atoms with Crippen molar-refractivity contribution in [1.29, 1.82) is 0 Å². The summed E-state index contributed by atoms with van der Waals surface area (Å²) >= 11 is 0. The second-order valence-corrected chi connectivity index (χ2v) is 5.03. The van der Waals surface area contributed by atoms with Crippen LogP contribution in [0.1, 0.15) is 36.9 Å². The first-order valence-electron chi connectivity index (χ1n) is 6.46. The van der Waals surface area contributed by atoms with E-state index in [1.165, 1.54) is 12.1 Å². The monoisotopic (exact) mass is 254 g/mol. The summed E-state index contributed by atoms with van der Waals surface area (Å²) in [6.45, 7) is 4.71. The van der Waals surface area contributed by atoms with Gasteiger partial charge in [0.25, 0.3) is 0 Å². The first kappa shape index (κ1) is 13.4. The minimum absolute atomic E-state index is 0.176. The van der Waals surface area contributed by atoms with Crippen molar-refractivity contribution in [2.24, 2.45) is 5.73 Å². The van der Waals surface area contributed by atoms with E-state index >= 15 is 0 Å². The Hall–Kier alpha value is -1.00. The zero-order valence-electron chi connectivity index (χ0n) is 10.9. The molecule has 1 unspecified atom stereocenters. The molecular formula is C14H20F2N2. The zero-order valence-corrected chi connectivity index (χ0v) is 10.9. The summed E-state index contributed by atoms with van der Waals surface area (Å²) in [6.07, 6.45) is 2.19. The van der Waals surface area contributed by atoms with Crippen LogP contribution < -0.4 is 5.73 Å². The van der Waals surface area contributed by atoms with Crippen LogP contribution in [0.25, 0.3) is 0 Å². The summed E-state index contributed by atoms with van der Waals surface area (Å²) in [4.78, 5) is 2.11. The van der Waals surface area contributed by atoms with E-state index in [2.05, 4.69) is 4.90 Å². The van der Waals surface area contributed by atoms with Crippen molar-refractivity contribution in [3.63, 3.8) is 0 Å². The molecule has 2 rings (SSSR count). The van der Waals surface area contributed by atoms with Gasteiger partial charge in [-0.3, -0.25) is 4.90 Å². The molecule has 1 atom stereocenters. The van der Waals surface area contributed by atoms with Gasteiger partial charge in [-0.1, -0.05) is 6.07 Å². The van der Waals surface area contributed by atoms with E-state index in [0.29, 0.717) is 24.7 Å². The van der Waals surface area contributed by atoms with Crippen molar-refractivity contribution < 1.29 is 8.78 Å². The summed E-state index contributed by atoms with van der Waals surface area (Å²) in [5, 5.41) is 0. The van der Waals surface area contributed by atoms with Gasteiger partial charge in [-0.05, 0) is 38.3 Å². The lowest BCUT2D eigenvalue weighted by Crippen LogP contribution is -2.34. The standard InChI is InChI=1S/C14H20F2N2/c1-9-3-6-12(15)13(14(9)16)10(2)18(8-7-17)11-4-5-11/h3,6,10-11H,4-5,7-8,17H2,1-2H3. The second-order valence-electron chi connectivity index (χ2n) is 5.03. The van der Waals surface area contributed by atoms with Gasteiger partial charge in [0.1, 0.15) is 11.6 Å². The highest BCUT2D eigenvalue weighted by Crippen LogP contribution is 2.36. The molecule has 4 heteroatoms. The van der Waals surface area contributed by atoms with Gasteiger partial charge in [-0.25, -0.2) is 8.78 Å². The number of halogens is 2. The van der Waals surface area contributed by atoms with Crippen molar-refractivity contribution in [3.8, 4) is 0 Å². The fraction of sp³-hybridized carbons (Fsp3) is 0.571. The number of nitrogens with two attached hydrogens (primary N) is 1. The second kappa shape index (κ2) is 5.33. The molecule has 0 bridgehead atoms. The number of aryl methyl sites for hydroxylation is 1. The van der Waals surface area contributed by atoms with Gasteiger partial charge in [0.15, 0.2) is 0 Å². The minimum Gasteiger partial charge on any atom is -0.329 e. The van der Waals surface area contributed by atoms with Gasteiger partial charge in [-0.2, -0.15) is 0 Å². The van der Waals surface area contributed by atoms with Crippen LogP contribution >= 0.6 is 0 Å². The van der Waals surface area contributed by atoms with Crippen LogP contribution in [0.3, 0.4) is 0 Å². The van der Waals surface area contributed by atoms with Crippen LogP contribution in [0.15, 0.2) is 12.1 Å². The Morgan fingerprint density at radius 1 is 1.39 bits per heavy atom. The Balaban J connectivity index is 2.31. The average Bonchev–Trinajstić information content (AvgIpc) is 3.15. The Bertz CT molecular complexity index is 430. The molecule has 0 aliphatic heterocycles. The molecule has 0 heterocycles. The lowest BCUT2D eigenvalue weighted by Gasteiger charge is -2.29. The van der Waals surface area contributed by atoms with E-state index in [4.69, 9.17) is 5.73 Å². The predicted octanol–water partition coefficient (Wildman–Crippen LogP) is 2.76. The van der Waals surface area contributed by atoms with Gasteiger partial charge in [0.2, 0.25) is 0 Å². The number of benzene rings is 1. The fourth-order valence-electron chi connectivity index (χ4n) is 2.47. The molecule has 18 heavy (non-hydrogen) atoms. The molecule has 1 aliphatic rings. The highest BCUT2D eigenvalue weighted by Gasteiger charge is 2.34. The van der Waals surface area contributed by atoms with Crippen LogP contribution in [0.4, 0.5) is 8.78 Å². The maximum absolute atomic E-state index is 14.1. The number of hydrogen-bond acceptors (Lipinski definition) is 2. The largest absolute Gasteiger partial charge is 0.329 e. The maximum Gasteiger partial charge on any atom is 0.133 e. The molecule has 100 valence electrons. The van der Waals surface area contributed by atoms with E-state index in [1.807, 2.05) is 6.92 Å². The topological polar surface area (TPSA) is 29.3 Å². The quantitative estimate of drug-likeness (QED) is 0.875. The molecule has 0 radical (unpaired) electrons. The van der Waals surface area contributed by atoms with Crippen LogP contribution in [0.5, 0.6) is 0 Å².